The minimum absolute atomic E-state index is 0.177. The van der Waals surface area contributed by atoms with Crippen LogP contribution >= 0.6 is 0 Å². The molecule has 0 saturated carbocycles. The molecule has 2 fully saturated rings. The normalized spacial score (nSPS) is 19.5. The zero-order chi connectivity index (χ0) is 18.4. The molecule has 0 bridgehead atoms. The highest BCUT2D eigenvalue weighted by molar-refractivity contribution is 5.76. The molecule has 6 heteroatoms. The fourth-order valence-electron chi connectivity index (χ4n) is 3.77. The van der Waals surface area contributed by atoms with Crippen LogP contribution in [-0.4, -0.2) is 62.2 Å². The lowest BCUT2D eigenvalue weighted by atomic mass is 9.91. The average molecular weight is 364 g/mol. The summed E-state index contributed by atoms with van der Waals surface area (Å²) in [5.74, 6) is 1.36. The molecule has 0 unspecified atom stereocenters. The summed E-state index contributed by atoms with van der Waals surface area (Å²) < 4.78 is 24.5. The van der Waals surface area contributed by atoms with Gasteiger partial charge in [0.2, 0.25) is 5.91 Å². The molecule has 0 radical (unpaired) electrons. The highest BCUT2D eigenvalue weighted by Crippen LogP contribution is 2.25. The number of hydrogen-bond donors (Lipinski definition) is 0. The summed E-state index contributed by atoms with van der Waals surface area (Å²) in [6.45, 7) is 5.28. The Balaban J connectivity index is 1.41. The van der Waals surface area contributed by atoms with Gasteiger partial charge in [0.15, 0.2) is 0 Å². The van der Waals surface area contributed by atoms with E-state index in [0.717, 1.165) is 45.4 Å². The highest BCUT2D eigenvalue weighted by Gasteiger charge is 2.23. The first-order valence-corrected chi connectivity index (χ1v) is 9.56. The number of likely N-dealkylation sites (tertiary alicyclic amines) is 1. The van der Waals surface area contributed by atoms with E-state index < -0.39 is 0 Å². The number of carbonyl (C=O) groups is 1. The maximum atomic E-state index is 14.0. The minimum atomic E-state index is -0.177. The number of methoxy groups -OCH3 is 1. The van der Waals surface area contributed by atoms with Gasteiger partial charge < -0.3 is 14.4 Å². The van der Waals surface area contributed by atoms with Gasteiger partial charge in [-0.2, -0.15) is 0 Å². The average Bonchev–Trinajstić information content (AvgIpc) is 2.69. The molecule has 0 spiro atoms. The Hall–Kier alpha value is -1.66. The van der Waals surface area contributed by atoms with Gasteiger partial charge >= 0.3 is 0 Å². The van der Waals surface area contributed by atoms with Crippen molar-refractivity contribution in [2.75, 3.05) is 46.5 Å². The summed E-state index contributed by atoms with van der Waals surface area (Å²) in [5.41, 5.74) is 0.685. The van der Waals surface area contributed by atoms with E-state index in [9.17, 15) is 9.18 Å². The molecule has 0 atom stereocenters. The van der Waals surface area contributed by atoms with Gasteiger partial charge in [-0.3, -0.25) is 9.69 Å². The third-order valence-corrected chi connectivity index (χ3v) is 5.48. The van der Waals surface area contributed by atoms with E-state index >= 15 is 0 Å². The first kappa shape index (κ1) is 19.1. The minimum Gasteiger partial charge on any atom is -0.497 e. The lowest BCUT2D eigenvalue weighted by Gasteiger charge is -2.32. The van der Waals surface area contributed by atoms with Crippen LogP contribution in [0.25, 0.3) is 0 Å². The predicted octanol–water partition coefficient (Wildman–Crippen LogP) is 2.69. The van der Waals surface area contributed by atoms with Crippen LogP contribution in [0.5, 0.6) is 5.75 Å². The Labute approximate surface area is 155 Å². The van der Waals surface area contributed by atoms with Crippen LogP contribution in [0, 0.1) is 11.7 Å². The van der Waals surface area contributed by atoms with Crippen LogP contribution in [0.2, 0.25) is 0 Å². The Morgan fingerprint density at radius 3 is 2.65 bits per heavy atom. The van der Waals surface area contributed by atoms with E-state index in [4.69, 9.17) is 9.47 Å². The summed E-state index contributed by atoms with van der Waals surface area (Å²) >= 11 is 0. The van der Waals surface area contributed by atoms with Crippen molar-refractivity contribution in [2.24, 2.45) is 5.92 Å². The molecule has 0 aromatic heterocycles. The lowest BCUT2D eigenvalue weighted by Crippen LogP contribution is -2.41. The molecular formula is C20H29FN2O3. The molecule has 1 aromatic carbocycles. The van der Waals surface area contributed by atoms with Crippen molar-refractivity contribution < 1.29 is 18.7 Å². The molecule has 1 aromatic rings. The van der Waals surface area contributed by atoms with E-state index in [0.29, 0.717) is 43.4 Å². The van der Waals surface area contributed by atoms with E-state index in [-0.39, 0.29) is 11.7 Å². The Morgan fingerprint density at radius 1 is 1.23 bits per heavy atom. The molecule has 2 aliphatic rings. The number of benzene rings is 1. The third-order valence-electron chi connectivity index (χ3n) is 5.48. The predicted molar refractivity (Wildman–Crippen MR) is 97.6 cm³/mol. The van der Waals surface area contributed by atoms with Gasteiger partial charge in [0, 0.05) is 31.6 Å². The second-order valence-corrected chi connectivity index (χ2v) is 7.21. The first-order chi connectivity index (χ1) is 12.7. The van der Waals surface area contributed by atoms with Gasteiger partial charge in [-0.15, -0.1) is 0 Å². The zero-order valence-electron chi connectivity index (χ0n) is 15.6. The van der Waals surface area contributed by atoms with Gasteiger partial charge in [0.05, 0.1) is 20.3 Å². The first-order valence-electron chi connectivity index (χ1n) is 9.56. The van der Waals surface area contributed by atoms with E-state index in [1.807, 2.05) is 4.90 Å². The SMILES string of the molecule is COc1ccc(F)c(CN2CCC(CCC(=O)N3CCOCC3)CC2)c1. The van der Waals surface area contributed by atoms with Crippen molar-refractivity contribution >= 4 is 5.91 Å². The number of nitrogens with zero attached hydrogens (tertiary/aromatic N) is 2. The fourth-order valence-corrected chi connectivity index (χ4v) is 3.77. The smallest absolute Gasteiger partial charge is 0.222 e. The number of rotatable bonds is 6. The lowest BCUT2D eigenvalue weighted by molar-refractivity contribution is -0.135. The van der Waals surface area contributed by atoms with E-state index in [1.54, 1.807) is 19.2 Å². The summed E-state index contributed by atoms with van der Waals surface area (Å²) in [5, 5.41) is 0. The van der Waals surface area contributed by atoms with Gasteiger partial charge in [0.25, 0.3) is 0 Å². The van der Waals surface area contributed by atoms with Gasteiger partial charge in [-0.05, 0) is 56.5 Å². The standard InChI is InChI=1S/C20H29FN2O3/c1-25-18-3-4-19(21)17(14-18)15-22-8-6-16(7-9-22)2-5-20(24)23-10-12-26-13-11-23/h3-4,14,16H,2,5-13,15H2,1H3. The molecule has 2 aliphatic heterocycles. The molecule has 26 heavy (non-hydrogen) atoms. The molecule has 1 amide bonds. The van der Waals surface area contributed by atoms with Crippen molar-refractivity contribution in [3.05, 3.63) is 29.6 Å². The molecule has 0 aliphatic carbocycles. The van der Waals surface area contributed by atoms with Crippen LogP contribution in [0.15, 0.2) is 18.2 Å². The van der Waals surface area contributed by atoms with Crippen LogP contribution in [0.4, 0.5) is 4.39 Å². The van der Waals surface area contributed by atoms with Crippen molar-refractivity contribution in [1.82, 2.24) is 9.80 Å². The topological polar surface area (TPSA) is 42.0 Å². The maximum Gasteiger partial charge on any atom is 0.222 e. The van der Waals surface area contributed by atoms with E-state index in [1.165, 1.54) is 6.07 Å². The maximum absolute atomic E-state index is 14.0. The van der Waals surface area contributed by atoms with Crippen LogP contribution < -0.4 is 4.74 Å². The number of halogens is 1. The van der Waals surface area contributed by atoms with Crippen molar-refractivity contribution in [2.45, 2.75) is 32.2 Å². The summed E-state index contributed by atoms with van der Waals surface area (Å²) in [7, 11) is 1.60. The number of morpholine rings is 1. The zero-order valence-corrected chi connectivity index (χ0v) is 15.6. The monoisotopic (exact) mass is 364 g/mol. The second-order valence-electron chi connectivity index (χ2n) is 7.21. The largest absolute Gasteiger partial charge is 0.497 e. The number of ether oxygens (including phenoxy) is 2. The van der Waals surface area contributed by atoms with Gasteiger partial charge in [-0.1, -0.05) is 0 Å². The van der Waals surface area contributed by atoms with Gasteiger partial charge in [0.1, 0.15) is 11.6 Å². The summed E-state index contributed by atoms with van der Waals surface area (Å²) in [4.78, 5) is 16.5. The van der Waals surface area contributed by atoms with Crippen molar-refractivity contribution in [3.63, 3.8) is 0 Å². The molecule has 5 nitrogen and oxygen atoms in total. The highest BCUT2D eigenvalue weighted by atomic mass is 19.1. The fraction of sp³-hybridized carbons (Fsp3) is 0.650. The van der Waals surface area contributed by atoms with Gasteiger partial charge in [-0.25, -0.2) is 4.39 Å². The van der Waals surface area contributed by atoms with E-state index in [2.05, 4.69) is 4.90 Å². The quantitative estimate of drug-likeness (QED) is 0.778. The number of piperidine rings is 1. The number of hydrogen-bond acceptors (Lipinski definition) is 4. The molecule has 2 heterocycles. The Kier molecular flexibility index (Phi) is 6.86. The second kappa shape index (κ2) is 9.33. The van der Waals surface area contributed by atoms with Crippen molar-refractivity contribution in [1.29, 1.82) is 0 Å². The molecule has 0 N–H and O–H groups in total. The molecule has 3 rings (SSSR count). The molecular weight excluding hydrogens is 335 g/mol. The summed E-state index contributed by atoms with van der Waals surface area (Å²) in [6, 6.07) is 4.90. The Bertz CT molecular complexity index is 597. The number of carbonyl (C=O) groups excluding carboxylic acids is 1. The van der Waals surface area contributed by atoms with Crippen LogP contribution in [-0.2, 0) is 16.1 Å². The summed E-state index contributed by atoms with van der Waals surface area (Å²) in [6.07, 6.45) is 3.73. The van der Waals surface area contributed by atoms with Crippen LogP contribution in [0.1, 0.15) is 31.2 Å². The van der Waals surface area contributed by atoms with Crippen LogP contribution in [0.3, 0.4) is 0 Å². The Morgan fingerprint density at radius 2 is 1.96 bits per heavy atom. The number of amides is 1. The molecule has 2 saturated heterocycles. The molecule has 144 valence electrons. The third kappa shape index (κ3) is 5.17. The van der Waals surface area contributed by atoms with Crippen molar-refractivity contribution in [3.8, 4) is 5.75 Å².